The van der Waals surface area contributed by atoms with Crippen molar-refractivity contribution in [2.45, 2.75) is 36.5 Å². The number of nitrogens with zero attached hydrogens (tertiary/aromatic N) is 2. The summed E-state index contributed by atoms with van der Waals surface area (Å²) in [6.07, 6.45) is 0.696. The van der Waals surface area contributed by atoms with Gasteiger partial charge in [-0.3, -0.25) is 4.57 Å². The minimum atomic E-state index is -0.794. The van der Waals surface area contributed by atoms with E-state index < -0.39 is 23.9 Å². The second kappa shape index (κ2) is 6.19. The maximum Gasteiger partial charge on any atom is 0.343 e. The van der Waals surface area contributed by atoms with E-state index in [1.54, 1.807) is 0 Å². The number of aromatic amines is 1. The Morgan fingerprint density at radius 1 is 1.40 bits per heavy atom. The molecule has 1 aromatic heterocycles. The van der Waals surface area contributed by atoms with Crippen molar-refractivity contribution in [2.24, 2.45) is 0 Å². The molecule has 5 nitrogen and oxygen atoms in total. The normalized spacial score (nSPS) is 11.0. The van der Waals surface area contributed by atoms with Crippen molar-refractivity contribution in [3.05, 3.63) is 39.8 Å². The maximum absolute atomic E-state index is 13.8. The SMILES string of the molecule is CCCn1c(Sc2c(F)cc(CO)cc2F)n[nH]c1=O. The highest BCUT2D eigenvalue weighted by Gasteiger charge is 2.17. The molecule has 0 radical (unpaired) electrons. The number of halogens is 2. The molecular weight excluding hydrogens is 288 g/mol. The van der Waals surface area contributed by atoms with Crippen LogP contribution < -0.4 is 5.69 Å². The lowest BCUT2D eigenvalue weighted by Crippen LogP contribution is -2.17. The molecule has 0 aliphatic carbocycles. The minimum Gasteiger partial charge on any atom is -0.392 e. The molecule has 0 aliphatic heterocycles. The highest BCUT2D eigenvalue weighted by atomic mass is 32.2. The van der Waals surface area contributed by atoms with E-state index >= 15 is 0 Å². The first-order valence-corrected chi connectivity index (χ1v) is 6.80. The van der Waals surface area contributed by atoms with Gasteiger partial charge in [0, 0.05) is 6.54 Å². The lowest BCUT2D eigenvalue weighted by atomic mass is 10.2. The van der Waals surface area contributed by atoms with Gasteiger partial charge >= 0.3 is 5.69 Å². The van der Waals surface area contributed by atoms with Gasteiger partial charge in [-0.05, 0) is 35.9 Å². The number of aliphatic hydroxyl groups excluding tert-OH is 1. The fourth-order valence-electron chi connectivity index (χ4n) is 1.69. The number of H-pyrrole nitrogens is 1. The summed E-state index contributed by atoms with van der Waals surface area (Å²) >= 11 is 0.736. The van der Waals surface area contributed by atoms with Crippen LogP contribution in [0.15, 0.2) is 27.0 Å². The third-order valence-electron chi connectivity index (χ3n) is 2.60. The van der Waals surface area contributed by atoms with Gasteiger partial charge in [0.2, 0.25) is 0 Å². The van der Waals surface area contributed by atoms with E-state index in [4.69, 9.17) is 5.11 Å². The van der Waals surface area contributed by atoms with Crippen molar-refractivity contribution in [2.75, 3.05) is 0 Å². The average Bonchev–Trinajstić information content (AvgIpc) is 2.75. The standard InChI is InChI=1S/C12H13F2N3O2S/c1-2-3-17-11(19)15-16-12(17)20-10-8(13)4-7(6-18)5-9(10)14/h4-5,18H,2-3,6H2,1H3,(H,15,19). The van der Waals surface area contributed by atoms with Gasteiger partial charge in [-0.2, -0.15) is 0 Å². The van der Waals surface area contributed by atoms with Crippen LogP contribution in [0.1, 0.15) is 18.9 Å². The van der Waals surface area contributed by atoms with E-state index in [9.17, 15) is 13.6 Å². The van der Waals surface area contributed by atoms with Gasteiger partial charge in [0.15, 0.2) is 5.16 Å². The van der Waals surface area contributed by atoms with Crippen molar-refractivity contribution in [3.8, 4) is 0 Å². The third-order valence-corrected chi connectivity index (χ3v) is 3.69. The Hall–Kier alpha value is -1.67. The molecule has 1 aromatic carbocycles. The Labute approximate surface area is 117 Å². The van der Waals surface area contributed by atoms with Gasteiger partial charge in [-0.25, -0.2) is 18.7 Å². The molecule has 0 spiro atoms. The molecule has 0 aliphatic rings. The zero-order valence-electron chi connectivity index (χ0n) is 10.7. The van der Waals surface area contributed by atoms with Gasteiger partial charge in [-0.15, -0.1) is 5.10 Å². The van der Waals surface area contributed by atoms with Crippen LogP contribution in [0.4, 0.5) is 8.78 Å². The zero-order valence-corrected chi connectivity index (χ0v) is 11.5. The average molecular weight is 301 g/mol. The van der Waals surface area contributed by atoms with Gasteiger partial charge in [0.1, 0.15) is 11.6 Å². The molecule has 2 aromatic rings. The quantitative estimate of drug-likeness (QED) is 0.885. The fraction of sp³-hybridized carbons (Fsp3) is 0.333. The van der Waals surface area contributed by atoms with Crippen molar-refractivity contribution >= 4 is 11.8 Å². The Kier molecular flexibility index (Phi) is 4.56. The molecular formula is C12H13F2N3O2S. The molecule has 0 fully saturated rings. The van der Waals surface area contributed by atoms with Crippen LogP contribution in [0.25, 0.3) is 0 Å². The van der Waals surface area contributed by atoms with Gasteiger partial charge in [0.05, 0.1) is 11.5 Å². The van der Waals surface area contributed by atoms with Crippen molar-refractivity contribution in [1.82, 2.24) is 14.8 Å². The summed E-state index contributed by atoms with van der Waals surface area (Å²) in [4.78, 5) is 11.3. The van der Waals surface area contributed by atoms with Crippen molar-refractivity contribution in [3.63, 3.8) is 0 Å². The van der Waals surface area contributed by atoms with Gasteiger partial charge in [0.25, 0.3) is 0 Å². The van der Waals surface area contributed by atoms with E-state index in [0.29, 0.717) is 13.0 Å². The second-order valence-electron chi connectivity index (χ2n) is 4.11. The van der Waals surface area contributed by atoms with Crippen LogP contribution in [0.2, 0.25) is 0 Å². The minimum absolute atomic E-state index is 0.150. The topological polar surface area (TPSA) is 70.9 Å². The fourth-order valence-corrected chi connectivity index (χ4v) is 2.57. The maximum atomic E-state index is 13.8. The van der Waals surface area contributed by atoms with E-state index in [0.717, 1.165) is 23.9 Å². The first-order valence-electron chi connectivity index (χ1n) is 5.98. The summed E-state index contributed by atoms with van der Waals surface area (Å²) in [5.41, 5.74) is -0.264. The third kappa shape index (κ3) is 2.91. The molecule has 0 atom stereocenters. The summed E-state index contributed by atoms with van der Waals surface area (Å²) in [6.45, 7) is 1.85. The Balaban J connectivity index is 2.38. The summed E-state index contributed by atoms with van der Waals surface area (Å²) in [7, 11) is 0. The summed E-state index contributed by atoms with van der Waals surface area (Å²) in [5, 5.41) is 15.1. The number of aliphatic hydroxyl groups is 1. The predicted octanol–water partition coefficient (Wildman–Crippen LogP) is 1.90. The van der Waals surface area contributed by atoms with E-state index in [2.05, 4.69) is 10.2 Å². The molecule has 0 saturated carbocycles. The highest BCUT2D eigenvalue weighted by Crippen LogP contribution is 2.31. The Bertz CT molecular complexity index is 646. The predicted molar refractivity (Wildman–Crippen MR) is 69.5 cm³/mol. The Morgan fingerprint density at radius 3 is 2.60 bits per heavy atom. The lowest BCUT2D eigenvalue weighted by molar-refractivity contribution is 0.280. The number of rotatable bonds is 5. The van der Waals surface area contributed by atoms with Crippen LogP contribution in [-0.2, 0) is 13.2 Å². The van der Waals surface area contributed by atoms with E-state index in [1.165, 1.54) is 4.57 Å². The zero-order chi connectivity index (χ0) is 14.7. The van der Waals surface area contributed by atoms with Crippen molar-refractivity contribution < 1.29 is 13.9 Å². The first kappa shape index (κ1) is 14.7. The van der Waals surface area contributed by atoms with Crippen LogP contribution in [0, 0.1) is 11.6 Å². The van der Waals surface area contributed by atoms with Crippen molar-refractivity contribution in [1.29, 1.82) is 0 Å². The molecule has 1 heterocycles. The number of hydrogen-bond donors (Lipinski definition) is 2. The van der Waals surface area contributed by atoms with E-state index in [1.807, 2.05) is 6.92 Å². The number of benzene rings is 1. The highest BCUT2D eigenvalue weighted by molar-refractivity contribution is 7.99. The monoisotopic (exact) mass is 301 g/mol. The molecule has 0 saturated heterocycles. The van der Waals surface area contributed by atoms with Gasteiger partial charge < -0.3 is 5.11 Å². The number of aromatic nitrogens is 3. The largest absolute Gasteiger partial charge is 0.392 e. The molecule has 0 bridgehead atoms. The molecule has 0 amide bonds. The van der Waals surface area contributed by atoms with Crippen LogP contribution >= 0.6 is 11.8 Å². The van der Waals surface area contributed by atoms with E-state index in [-0.39, 0.29) is 15.6 Å². The molecule has 8 heteroatoms. The summed E-state index contributed by atoms with van der Waals surface area (Å²) in [5.74, 6) is -1.59. The Morgan fingerprint density at radius 2 is 2.05 bits per heavy atom. The first-order chi connectivity index (χ1) is 9.56. The van der Waals surface area contributed by atoms with Crippen LogP contribution in [0.5, 0.6) is 0 Å². The molecule has 2 N–H and O–H groups in total. The van der Waals surface area contributed by atoms with Gasteiger partial charge in [-0.1, -0.05) is 6.92 Å². The second-order valence-corrected chi connectivity index (χ2v) is 5.09. The lowest BCUT2D eigenvalue weighted by Gasteiger charge is -2.07. The summed E-state index contributed by atoms with van der Waals surface area (Å²) < 4.78 is 28.9. The molecule has 108 valence electrons. The smallest absolute Gasteiger partial charge is 0.343 e. The van der Waals surface area contributed by atoms with Crippen LogP contribution in [0.3, 0.4) is 0 Å². The molecule has 2 rings (SSSR count). The number of hydrogen-bond acceptors (Lipinski definition) is 4. The number of nitrogens with one attached hydrogen (secondary N) is 1. The molecule has 0 unspecified atom stereocenters. The van der Waals surface area contributed by atoms with Crippen LogP contribution in [-0.4, -0.2) is 19.9 Å². The molecule has 20 heavy (non-hydrogen) atoms. The summed E-state index contributed by atoms with van der Waals surface area (Å²) in [6, 6.07) is 2.11.